The van der Waals surface area contributed by atoms with Crippen molar-refractivity contribution < 1.29 is 8.42 Å². The Morgan fingerprint density at radius 2 is 2.00 bits per heavy atom. The first-order chi connectivity index (χ1) is 10.1. The number of nitrogens with one attached hydrogen (secondary N) is 2. The van der Waals surface area contributed by atoms with Crippen molar-refractivity contribution in [1.82, 2.24) is 14.6 Å². The molecule has 0 aromatic carbocycles. The molecule has 21 heavy (non-hydrogen) atoms. The Kier molecular flexibility index (Phi) is 4.38. The highest BCUT2D eigenvalue weighted by Crippen LogP contribution is 2.28. The Bertz CT molecular complexity index is 571. The van der Waals surface area contributed by atoms with Gasteiger partial charge in [-0.1, -0.05) is 19.8 Å². The predicted octanol–water partition coefficient (Wildman–Crippen LogP) is 2.22. The molecule has 0 bridgehead atoms. The van der Waals surface area contributed by atoms with Gasteiger partial charge in [0.05, 0.1) is 4.90 Å². The number of nitrogens with zero attached hydrogens (tertiary/aromatic N) is 1. The number of aromatic amines is 1. The van der Waals surface area contributed by atoms with E-state index in [1.807, 2.05) is 6.92 Å². The summed E-state index contributed by atoms with van der Waals surface area (Å²) in [6.45, 7) is 3.20. The van der Waals surface area contributed by atoms with Crippen LogP contribution in [0.5, 0.6) is 0 Å². The zero-order valence-electron chi connectivity index (χ0n) is 12.6. The minimum absolute atomic E-state index is 0.183. The molecule has 0 radical (unpaired) electrons. The third-order valence-corrected chi connectivity index (χ3v) is 6.53. The number of H-pyrrole nitrogens is 1. The van der Waals surface area contributed by atoms with Crippen LogP contribution in [0.25, 0.3) is 0 Å². The van der Waals surface area contributed by atoms with Gasteiger partial charge in [0.25, 0.3) is 0 Å². The largest absolute Gasteiger partial charge is 0.363 e. The second kappa shape index (κ2) is 6.10. The first-order valence-corrected chi connectivity index (χ1v) is 9.48. The third kappa shape index (κ3) is 3.33. The number of hydrogen-bond donors (Lipinski definition) is 2. The van der Waals surface area contributed by atoms with Crippen LogP contribution in [0, 0.1) is 0 Å². The summed E-state index contributed by atoms with van der Waals surface area (Å²) >= 11 is 0. The molecular weight excluding hydrogens is 286 g/mol. The van der Waals surface area contributed by atoms with Gasteiger partial charge in [-0.15, -0.1) is 0 Å². The minimum atomic E-state index is -3.36. The summed E-state index contributed by atoms with van der Waals surface area (Å²) < 4.78 is 27.3. The van der Waals surface area contributed by atoms with Crippen molar-refractivity contribution in [2.45, 2.75) is 69.0 Å². The van der Waals surface area contributed by atoms with Crippen molar-refractivity contribution in [2.75, 3.05) is 6.54 Å². The van der Waals surface area contributed by atoms with Crippen LogP contribution in [0.2, 0.25) is 0 Å². The first kappa shape index (κ1) is 15.1. The molecule has 2 saturated carbocycles. The molecule has 0 saturated heterocycles. The van der Waals surface area contributed by atoms with Gasteiger partial charge in [-0.3, -0.25) is 0 Å². The maximum Gasteiger partial charge on any atom is 0.244 e. The monoisotopic (exact) mass is 311 g/mol. The van der Waals surface area contributed by atoms with E-state index >= 15 is 0 Å². The van der Waals surface area contributed by atoms with Gasteiger partial charge in [0.2, 0.25) is 10.0 Å². The predicted molar refractivity (Wildman–Crippen MR) is 82.5 cm³/mol. The van der Waals surface area contributed by atoms with Crippen LogP contribution in [0.15, 0.2) is 17.2 Å². The zero-order valence-corrected chi connectivity index (χ0v) is 13.5. The fourth-order valence-electron chi connectivity index (χ4n) is 3.16. The lowest BCUT2D eigenvalue weighted by molar-refractivity contribution is 0.335. The van der Waals surface area contributed by atoms with Crippen LogP contribution in [0.1, 0.15) is 51.1 Å². The highest BCUT2D eigenvalue weighted by Gasteiger charge is 2.32. The van der Waals surface area contributed by atoms with Gasteiger partial charge < -0.3 is 10.3 Å². The standard InChI is InChI=1S/C15H25N3O2S/c1-2-18(14-5-3-4-6-14)21(19,20)15-9-13(17-11-15)10-16-12-7-8-12/h9,11-12,14,16-17H,2-8,10H2,1H3. The first-order valence-electron chi connectivity index (χ1n) is 8.04. The van der Waals surface area contributed by atoms with Gasteiger partial charge in [-0.05, 0) is 31.7 Å². The van der Waals surface area contributed by atoms with Gasteiger partial charge in [0, 0.05) is 37.1 Å². The molecule has 5 nitrogen and oxygen atoms in total. The molecule has 6 heteroatoms. The average molecular weight is 311 g/mol. The Labute approximate surface area is 127 Å². The summed E-state index contributed by atoms with van der Waals surface area (Å²) in [5.74, 6) is 0. The SMILES string of the molecule is CCN(C1CCCC1)S(=O)(=O)c1c[nH]c(CNC2CC2)c1. The number of hydrogen-bond acceptors (Lipinski definition) is 3. The Balaban J connectivity index is 1.72. The Hall–Kier alpha value is -0.850. The molecule has 1 heterocycles. The van der Waals surface area contributed by atoms with Crippen LogP contribution in [0.3, 0.4) is 0 Å². The van der Waals surface area contributed by atoms with E-state index in [9.17, 15) is 8.42 Å². The van der Waals surface area contributed by atoms with Gasteiger partial charge in [0.15, 0.2) is 0 Å². The quantitative estimate of drug-likeness (QED) is 0.811. The maximum atomic E-state index is 12.8. The number of sulfonamides is 1. The van der Waals surface area contributed by atoms with Crippen LogP contribution < -0.4 is 5.32 Å². The molecule has 2 N–H and O–H groups in total. The van der Waals surface area contributed by atoms with Crippen molar-refractivity contribution >= 4 is 10.0 Å². The second-order valence-electron chi connectivity index (χ2n) is 6.16. The van der Waals surface area contributed by atoms with Crippen molar-refractivity contribution in [1.29, 1.82) is 0 Å². The summed E-state index contributed by atoms with van der Waals surface area (Å²) in [5, 5.41) is 3.40. The smallest absolute Gasteiger partial charge is 0.244 e. The minimum Gasteiger partial charge on any atom is -0.363 e. The normalized spacial score (nSPS) is 20.5. The van der Waals surface area contributed by atoms with Crippen molar-refractivity contribution in [3.05, 3.63) is 18.0 Å². The molecule has 118 valence electrons. The molecule has 0 atom stereocenters. The third-order valence-electron chi connectivity index (χ3n) is 4.53. The van der Waals surface area contributed by atoms with Gasteiger partial charge >= 0.3 is 0 Å². The lowest BCUT2D eigenvalue weighted by Crippen LogP contribution is -2.38. The molecule has 1 aromatic rings. The Morgan fingerprint density at radius 3 is 2.62 bits per heavy atom. The molecule has 0 amide bonds. The van der Waals surface area contributed by atoms with Gasteiger partial charge in [0.1, 0.15) is 0 Å². The van der Waals surface area contributed by atoms with E-state index in [1.54, 1.807) is 16.6 Å². The fourth-order valence-corrected chi connectivity index (χ4v) is 4.88. The van der Waals surface area contributed by atoms with E-state index in [0.29, 0.717) is 17.5 Å². The summed E-state index contributed by atoms with van der Waals surface area (Å²) in [6, 6.07) is 2.59. The lowest BCUT2D eigenvalue weighted by Gasteiger charge is -2.26. The average Bonchev–Trinajstić information content (AvgIpc) is 2.93. The van der Waals surface area contributed by atoms with Gasteiger partial charge in [-0.25, -0.2) is 8.42 Å². The zero-order chi connectivity index (χ0) is 14.9. The molecule has 0 spiro atoms. The summed E-state index contributed by atoms with van der Waals surface area (Å²) in [4.78, 5) is 3.50. The van der Waals surface area contributed by atoms with Crippen LogP contribution in [-0.2, 0) is 16.6 Å². The van der Waals surface area contributed by atoms with Crippen molar-refractivity contribution in [2.24, 2.45) is 0 Å². The molecular formula is C15H25N3O2S. The molecule has 2 aliphatic carbocycles. The summed E-state index contributed by atoms with van der Waals surface area (Å²) in [7, 11) is -3.36. The van der Waals surface area contributed by atoms with Gasteiger partial charge in [-0.2, -0.15) is 4.31 Å². The topological polar surface area (TPSA) is 65.2 Å². The van der Waals surface area contributed by atoms with Crippen LogP contribution in [0.4, 0.5) is 0 Å². The van der Waals surface area contributed by atoms with Crippen molar-refractivity contribution in [3.8, 4) is 0 Å². The van der Waals surface area contributed by atoms with E-state index in [4.69, 9.17) is 0 Å². The molecule has 0 unspecified atom stereocenters. The second-order valence-corrected chi connectivity index (χ2v) is 8.05. The van der Waals surface area contributed by atoms with Crippen LogP contribution >= 0.6 is 0 Å². The van der Waals surface area contributed by atoms with E-state index < -0.39 is 10.0 Å². The van der Waals surface area contributed by atoms with Crippen molar-refractivity contribution in [3.63, 3.8) is 0 Å². The molecule has 2 fully saturated rings. The summed E-state index contributed by atoms with van der Waals surface area (Å²) in [6.07, 6.45) is 8.37. The highest BCUT2D eigenvalue weighted by molar-refractivity contribution is 7.89. The Morgan fingerprint density at radius 1 is 1.29 bits per heavy atom. The summed E-state index contributed by atoms with van der Waals surface area (Å²) in [5.41, 5.74) is 0.947. The molecule has 0 aliphatic heterocycles. The highest BCUT2D eigenvalue weighted by atomic mass is 32.2. The maximum absolute atomic E-state index is 12.8. The number of aromatic nitrogens is 1. The molecule has 3 rings (SSSR count). The van der Waals surface area contributed by atoms with E-state index in [1.165, 1.54) is 12.8 Å². The van der Waals surface area contributed by atoms with E-state index in [2.05, 4.69) is 10.3 Å². The number of rotatable bonds is 7. The van der Waals surface area contributed by atoms with E-state index in [0.717, 1.165) is 37.9 Å². The lowest BCUT2D eigenvalue weighted by atomic mass is 10.2. The van der Waals surface area contributed by atoms with Crippen LogP contribution in [-0.4, -0.2) is 36.3 Å². The van der Waals surface area contributed by atoms with E-state index in [-0.39, 0.29) is 6.04 Å². The molecule has 2 aliphatic rings. The fraction of sp³-hybridized carbons (Fsp3) is 0.733. The molecule has 1 aromatic heterocycles.